The molecule has 4 nitrogen and oxygen atoms in total. The smallest absolute Gasteiger partial charge is 0.251 e. The zero-order chi connectivity index (χ0) is 18.6. The number of carbonyl (C=O) groups is 1. The van der Waals surface area contributed by atoms with Gasteiger partial charge in [-0.2, -0.15) is 0 Å². The van der Waals surface area contributed by atoms with Gasteiger partial charge in [0, 0.05) is 17.0 Å². The number of rotatable bonds is 6. The molecule has 1 aromatic heterocycles. The van der Waals surface area contributed by atoms with Gasteiger partial charge in [-0.05, 0) is 42.6 Å². The lowest BCUT2D eigenvalue weighted by atomic mass is 10.1. The van der Waals surface area contributed by atoms with Crippen LogP contribution in [0.1, 0.15) is 26.0 Å². The predicted molar refractivity (Wildman–Crippen MR) is 104 cm³/mol. The van der Waals surface area contributed by atoms with E-state index in [1.165, 1.54) is 11.3 Å². The second kappa shape index (κ2) is 7.85. The molecule has 0 fully saturated rings. The minimum absolute atomic E-state index is 0.0183. The largest absolute Gasteiger partial charge is 0.350 e. The highest BCUT2D eigenvalue weighted by Gasteiger charge is 2.30. The van der Waals surface area contributed by atoms with Crippen LogP contribution >= 0.6 is 11.3 Å². The number of thiophene rings is 1. The van der Waals surface area contributed by atoms with Gasteiger partial charge >= 0.3 is 0 Å². The predicted octanol–water partition coefficient (Wildman–Crippen LogP) is 4.00. The molecule has 1 atom stereocenters. The van der Waals surface area contributed by atoms with Crippen molar-refractivity contribution in [2.24, 2.45) is 0 Å². The molecular weight excluding hydrogens is 366 g/mol. The van der Waals surface area contributed by atoms with E-state index in [1.807, 2.05) is 30.5 Å². The third-order valence-corrected chi connectivity index (χ3v) is 7.30. The van der Waals surface area contributed by atoms with Crippen LogP contribution in [0.5, 0.6) is 0 Å². The highest BCUT2D eigenvalue weighted by atomic mass is 32.2. The zero-order valence-electron chi connectivity index (χ0n) is 14.3. The van der Waals surface area contributed by atoms with E-state index < -0.39 is 15.1 Å². The van der Waals surface area contributed by atoms with Gasteiger partial charge < -0.3 is 5.32 Å². The van der Waals surface area contributed by atoms with E-state index in [2.05, 4.69) is 5.32 Å². The first-order valence-electron chi connectivity index (χ1n) is 8.15. The summed E-state index contributed by atoms with van der Waals surface area (Å²) in [6.45, 7) is 1.96. The fraction of sp³-hybridized carbons (Fsp3) is 0.150. The topological polar surface area (TPSA) is 63.2 Å². The van der Waals surface area contributed by atoms with E-state index in [4.69, 9.17) is 0 Å². The quantitative estimate of drug-likeness (QED) is 0.697. The monoisotopic (exact) mass is 385 g/mol. The minimum atomic E-state index is -3.61. The lowest BCUT2D eigenvalue weighted by Crippen LogP contribution is -2.31. The van der Waals surface area contributed by atoms with Crippen LogP contribution in [0.2, 0.25) is 0 Å². The van der Waals surface area contributed by atoms with E-state index in [0.29, 0.717) is 10.4 Å². The van der Waals surface area contributed by atoms with Crippen LogP contribution < -0.4 is 5.32 Å². The molecule has 0 aliphatic rings. The molecule has 0 unspecified atom stereocenters. The number of sulfone groups is 1. The molecule has 6 heteroatoms. The number of carbonyl (C=O) groups excluding carboxylic acids is 1. The number of nitrogens with one attached hydrogen (secondary N) is 1. The third kappa shape index (κ3) is 4.03. The number of aryl methyl sites for hydroxylation is 1. The van der Waals surface area contributed by atoms with Crippen LogP contribution in [-0.2, 0) is 9.84 Å². The maximum atomic E-state index is 13.1. The summed E-state index contributed by atoms with van der Waals surface area (Å²) in [5, 5.41) is 3.79. The van der Waals surface area contributed by atoms with Crippen molar-refractivity contribution in [3.63, 3.8) is 0 Å². The Morgan fingerprint density at radius 3 is 2.31 bits per heavy atom. The number of benzene rings is 2. The zero-order valence-corrected chi connectivity index (χ0v) is 15.9. The number of amides is 1. The Kier molecular flexibility index (Phi) is 5.54. The summed E-state index contributed by atoms with van der Waals surface area (Å²) in [4.78, 5) is 13.4. The SMILES string of the molecule is Cc1ccc(C(=O)NC[C@H](c2cccs2)S(=O)(=O)c2ccccc2)cc1. The molecule has 1 heterocycles. The highest BCUT2D eigenvalue weighted by molar-refractivity contribution is 7.91. The van der Waals surface area contributed by atoms with Gasteiger partial charge in [0.1, 0.15) is 5.25 Å². The second-order valence-corrected chi connectivity index (χ2v) is 9.05. The van der Waals surface area contributed by atoms with E-state index in [1.54, 1.807) is 48.5 Å². The Morgan fingerprint density at radius 2 is 1.69 bits per heavy atom. The maximum Gasteiger partial charge on any atom is 0.251 e. The Balaban J connectivity index is 1.84. The van der Waals surface area contributed by atoms with Gasteiger partial charge in [0.15, 0.2) is 9.84 Å². The molecule has 1 amide bonds. The second-order valence-electron chi connectivity index (χ2n) is 5.94. The van der Waals surface area contributed by atoms with Crippen molar-refractivity contribution in [2.45, 2.75) is 17.1 Å². The summed E-state index contributed by atoms with van der Waals surface area (Å²) in [6.07, 6.45) is 0. The van der Waals surface area contributed by atoms with Gasteiger partial charge in [0.05, 0.1) is 4.90 Å². The maximum absolute atomic E-state index is 13.1. The fourth-order valence-electron chi connectivity index (χ4n) is 2.60. The standard InChI is InChI=1S/C20H19NO3S2/c1-15-9-11-16(12-10-15)20(22)21-14-19(18-8-5-13-25-18)26(23,24)17-6-3-2-4-7-17/h2-13,19H,14H2,1H3,(H,21,22)/t19-/m1/s1. The highest BCUT2D eigenvalue weighted by Crippen LogP contribution is 2.31. The first-order valence-corrected chi connectivity index (χ1v) is 10.6. The van der Waals surface area contributed by atoms with Crippen LogP contribution in [0.25, 0.3) is 0 Å². The molecule has 3 aromatic rings. The van der Waals surface area contributed by atoms with Gasteiger partial charge in [-0.3, -0.25) is 4.79 Å². The summed E-state index contributed by atoms with van der Waals surface area (Å²) in [6, 6.07) is 19.1. The first kappa shape index (κ1) is 18.4. The van der Waals surface area contributed by atoms with Crippen LogP contribution in [0.4, 0.5) is 0 Å². The van der Waals surface area contributed by atoms with Gasteiger partial charge in [-0.15, -0.1) is 11.3 Å². The van der Waals surface area contributed by atoms with Crippen LogP contribution in [0, 0.1) is 6.92 Å². The fourth-order valence-corrected chi connectivity index (χ4v) is 5.41. The van der Waals surface area contributed by atoms with E-state index >= 15 is 0 Å². The van der Waals surface area contributed by atoms with Gasteiger partial charge in [-0.25, -0.2) is 8.42 Å². The Hall–Kier alpha value is -2.44. The lowest BCUT2D eigenvalue weighted by molar-refractivity contribution is 0.0953. The van der Waals surface area contributed by atoms with E-state index in [-0.39, 0.29) is 17.3 Å². The summed E-state index contributed by atoms with van der Waals surface area (Å²) in [7, 11) is -3.61. The van der Waals surface area contributed by atoms with Crippen molar-refractivity contribution in [3.8, 4) is 0 Å². The minimum Gasteiger partial charge on any atom is -0.350 e. The average molecular weight is 386 g/mol. The number of hydrogen-bond acceptors (Lipinski definition) is 4. The average Bonchev–Trinajstić information content (AvgIpc) is 3.17. The van der Waals surface area contributed by atoms with Gasteiger partial charge in [0.25, 0.3) is 5.91 Å². The molecule has 0 aliphatic carbocycles. The molecule has 3 rings (SSSR count). The normalized spacial score (nSPS) is 12.5. The molecule has 0 saturated heterocycles. The van der Waals surface area contributed by atoms with Gasteiger partial charge in [0.2, 0.25) is 0 Å². The van der Waals surface area contributed by atoms with Crippen LogP contribution in [-0.4, -0.2) is 20.9 Å². The molecule has 0 aliphatic heterocycles. The summed E-state index contributed by atoms with van der Waals surface area (Å²) < 4.78 is 26.2. The van der Waals surface area contributed by atoms with E-state index in [9.17, 15) is 13.2 Å². The third-order valence-electron chi connectivity index (χ3n) is 4.07. The van der Waals surface area contributed by atoms with Crippen molar-refractivity contribution in [3.05, 3.63) is 88.1 Å². The molecule has 0 radical (unpaired) electrons. The van der Waals surface area contributed by atoms with Gasteiger partial charge in [-0.1, -0.05) is 42.0 Å². The summed E-state index contributed by atoms with van der Waals surface area (Å²) in [5.41, 5.74) is 1.57. The molecule has 0 spiro atoms. The first-order chi connectivity index (χ1) is 12.5. The van der Waals surface area contributed by atoms with Crippen LogP contribution in [0.3, 0.4) is 0 Å². The number of hydrogen-bond donors (Lipinski definition) is 1. The van der Waals surface area contributed by atoms with Crippen molar-refractivity contribution in [1.29, 1.82) is 0 Å². The molecule has 1 N–H and O–H groups in total. The van der Waals surface area contributed by atoms with Crippen LogP contribution in [0.15, 0.2) is 77.0 Å². The summed E-state index contributed by atoms with van der Waals surface area (Å²) in [5.74, 6) is -0.283. The Bertz CT molecular complexity index is 964. The molecular formula is C20H19NO3S2. The molecule has 0 saturated carbocycles. The van der Waals surface area contributed by atoms with Crippen molar-refractivity contribution >= 4 is 27.1 Å². The van der Waals surface area contributed by atoms with E-state index in [0.717, 1.165) is 5.56 Å². The van der Waals surface area contributed by atoms with Crippen molar-refractivity contribution in [2.75, 3.05) is 6.54 Å². The molecule has 134 valence electrons. The van der Waals surface area contributed by atoms with Crippen molar-refractivity contribution < 1.29 is 13.2 Å². The Morgan fingerprint density at radius 1 is 1.00 bits per heavy atom. The molecule has 0 bridgehead atoms. The summed E-state index contributed by atoms with van der Waals surface area (Å²) >= 11 is 1.37. The molecule has 26 heavy (non-hydrogen) atoms. The Labute approximate surface area is 157 Å². The molecule has 2 aromatic carbocycles. The van der Waals surface area contributed by atoms with Crippen molar-refractivity contribution in [1.82, 2.24) is 5.32 Å². The lowest BCUT2D eigenvalue weighted by Gasteiger charge is -2.17.